The van der Waals surface area contributed by atoms with E-state index in [2.05, 4.69) is 5.32 Å². The van der Waals surface area contributed by atoms with Crippen LogP contribution < -0.4 is 5.32 Å². The average molecular weight is 289 g/mol. The Morgan fingerprint density at radius 2 is 2.00 bits per heavy atom. The molecule has 4 nitrogen and oxygen atoms in total. The molecule has 0 spiro atoms. The van der Waals surface area contributed by atoms with Crippen LogP contribution in [0.25, 0.3) is 0 Å². The average Bonchev–Trinajstić information content (AvgIpc) is 2.31. The van der Waals surface area contributed by atoms with Gasteiger partial charge in [0.05, 0.1) is 10.7 Å². The van der Waals surface area contributed by atoms with Crippen molar-refractivity contribution in [1.82, 2.24) is 4.90 Å². The fourth-order valence-electron chi connectivity index (χ4n) is 1.31. The van der Waals surface area contributed by atoms with Gasteiger partial charge in [0.2, 0.25) is 5.91 Å². The third-order valence-electron chi connectivity index (χ3n) is 2.22. The number of anilines is 1. The molecule has 0 atom stereocenters. The van der Waals surface area contributed by atoms with Crippen molar-refractivity contribution in [3.8, 4) is 0 Å². The van der Waals surface area contributed by atoms with Crippen LogP contribution in [0.15, 0.2) is 18.2 Å². The van der Waals surface area contributed by atoms with Gasteiger partial charge in [-0.3, -0.25) is 9.59 Å². The predicted molar refractivity (Wildman–Crippen MR) is 73.4 cm³/mol. The Kier molecular flexibility index (Phi) is 5.44. The van der Waals surface area contributed by atoms with Gasteiger partial charge in [0.25, 0.3) is 5.91 Å². The van der Waals surface area contributed by atoms with Gasteiger partial charge in [-0.2, -0.15) is 0 Å². The largest absolute Gasteiger partial charge is 0.345 e. The summed E-state index contributed by atoms with van der Waals surface area (Å²) in [6, 6.07) is 4.74. The third-order valence-corrected chi connectivity index (χ3v) is 2.73. The molecule has 18 heavy (non-hydrogen) atoms. The van der Waals surface area contributed by atoms with Gasteiger partial charge in [-0.05, 0) is 18.2 Å². The molecule has 1 aromatic rings. The topological polar surface area (TPSA) is 49.4 Å². The van der Waals surface area contributed by atoms with E-state index in [1.54, 1.807) is 32.3 Å². The first-order valence-electron chi connectivity index (χ1n) is 5.32. The second-order valence-corrected chi connectivity index (χ2v) is 4.67. The molecule has 1 N–H and O–H groups in total. The van der Waals surface area contributed by atoms with Gasteiger partial charge in [0.1, 0.15) is 0 Å². The molecule has 0 saturated carbocycles. The number of rotatable bonds is 4. The van der Waals surface area contributed by atoms with Crippen LogP contribution in [0.2, 0.25) is 5.02 Å². The van der Waals surface area contributed by atoms with Gasteiger partial charge >= 0.3 is 0 Å². The van der Waals surface area contributed by atoms with Gasteiger partial charge in [0.15, 0.2) is 0 Å². The Hall–Kier alpha value is -1.26. The van der Waals surface area contributed by atoms with Crippen molar-refractivity contribution in [2.24, 2.45) is 0 Å². The van der Waals surface area contributed by atoms with E-state index in [-0.39, 0.29) is 24.1 Å². The molecule has 0 saturated heterocycles. The lowest BCUT2D eigenvalue weighted by molar-refractivity contribution is -0.115. The maximum atomic E-state index is 11.8. The Morgan fingerprint density at radius 1 is 1.33 bits per heavy atom. The molecule has 6 heteroatoms. The van der Waals surface area contributed by atoms with Crippen LogP contribution in [-0.4, -0.2) is 36.7 Å². The Bertz CT molecular complexity index is 461. The van der Waals surface area contributed by atoms with E-state index in [1.165, 1.54) is 4.90 Å². The van der Waals surface area contributed by atoms with Gasteiger partial charge in [-0.25, -0.2) is 0 Å². The molecule has 0 aliphatic carbocycles. The number of benzene rings is 1. The lowest BCUT2D eigenvalue weighted by atomic mass is 10.1. The molecule has 1 rings (SSSR count). The van der Waals surface area contributed by atoms with E-state index in [0.29, 0.717) is 16.3 Å². The summed E-state index contributed by atoms with van der Waals surface area (Å²) >= 11 is 11.4. The summed E-state index contributed by atoms with van der Waals surface area (Å²) in [6.07, 6.45) is 0.198. The number of carbonyl (C=O) groups excluding carboxylic acids is 2. The highest BCUT2D eigenvalue weighted by atomic mass is 35.5. The predicted octanol–water partition coefficient (Wildman–Crippen LogP) is 2.61. The van der Waals surface area contributed by atoms with Gasteiger partial charge in [0, 0.05) is 32.0 Å². The number of carbonyl (C=O) groups is 2. The number of hydrogen-bond acceptors (Lipinski definition) is 2. The fourth-order valence-corrected chi connectivity index (χ4v) is 1.65. The first-order chi connectivity index (χ1) is 8.45. The highest BCUT2D eigenvalue weighted by Crippen LogP contribution is 2.23. The first-order valence-corrected chi connectivity index (χ1v) is 6.24. The summed E-state index contributed by atoms with van der Waals surface area (Å²) in [4.78, 5) is 24.7. The van der Waals surface area contributed by atoms with Crippen molar-refractivity contribution in [1.29, 1.82) is 0 Å². The molecule has 0 aromatic heterocycles. The lowest BCUT2D eigenvalue weighted by Crippen LogP contribution is -2.22. The quantitative estimate of drug-likeness (QED) is 0.866. The number of amides is 2. The molecule has 2 amide bonds. The smallest absolute Gasteiger partial charge is 0.253 e. The SMILES string of the molecule is CN(C)C(=O)c1ccc(Cl)c(NC(=O)CCCl)c1. The highest BCUT2D eigenvalue weighted by molar-refractivity contribution is 6.34. The monoisotopic (exact) mass is 288 g/mol. The van der Waals surface area contributed by atoms with E-state index in [1.807, 2.05) is 0 Å². The third kappa shape index (κ3) is 3.89. The van der Waals surface area contributed by atoms with Crippen LogP contribution >= 0.6 is 23.2 Å². The van der Waals surface area contributed by atoms with Crippen LogP contribution in [-0.2, 0) is 4.79 Å². The fraction of sp³-hybridized carbons (Fsp3) is 0.333. The molecule has 0 aliphatic rings. The van der Waals surface area contributed by atoms with Crippen LogP contribution in [0.4, 0.5) is 5.69 Å². The number of alkyl halides is 1. The van der Waals surface area contributed by atoms with Crippen LogP contribution in [0.5, 0.6) is 0 Å². The molecule has 98 valence electrons. The highest BCUT2D eigenvalue weighted by Gasteiger charge is 2.12. The molecule has 0 radical (unpaired) electrons. The molecular weight excluding hydrogens is 275 g/mol. The van der Waals surface area contributed by atoms with Crippen molar-refractivity contribution in [3.63, 3.8) is 0 Å². The van der Waals surface area contributed by atoms with Crippen LogP contribution in [0.3, 0.4) is 0 Å². The Balaban J connectivity index is 2.94. The maximum absolute atomic E-state index is 11.8. The molecule has 0 aliphatic heterocycles. The Morgan fingerprint density at radius 3 is 2.56 bits per heavy atom. The van der Waals surface area contributed by atoms with E-state index >= 15 is 0 Å². The van der Waals surface area contributed by atoms with Crippen molar-refractivity contribution in [2.45, 2.75) is 6.42 Å². The van der Waals surface area contributed by atoms with Crippen LogP contribution in [0.1, 0.15) is 16.8 Å². The maximum Gasteiger partial charge on any atom is 0.253 e. The van der Waals surface area contributed by atoms with E-state index in [9.17, 15) is 9.59 Å². The molecular formula is C12H14Cl2N2O2. The molecule has 0 heterocycles. The minimum Gasteiger partial charge on any atom is -0.345 e. The van der Waals surface area contributed by atoms with E-state index in [0.717, 1.165) is 0 Å². The minimum absolute atomic E-state index is 0.153. The Labute approximate surface area is 116 Å². The standard InChI is InChI=1S/C12H14Cl2N2O2/c1-16(2)12(18)8-3-4-9(14)10(7-8)15-11(17)5-6-13/h3-4,7H,5-6H2,1-2H3,(H,15,17). The minimum atomic E-state index is -0.235. The summed E-state index contributed by atoms with van der Waals surface area (Å²) < 4.78 is 0. The summed E-state index contributed by atoms with van der Waals surface area (Å²) in [5.74, 6) is -0.152. The summed E-state index contributed by atoms with van der Waals surface area (Å²) in [6.45, 7) is 0. The van der Waals surface area contributed by atoms with Crippen molar-refractivity contribution < 1.29 is 9.59 Å². The molecule has 1 aromatic carbocycles. The summed E-state index contributed by atoms with van der Waals surface area (Å²) in [5, 5.41) is 3.00. The number of nitrogens with zero attached hydrogens (tertiary/aromatic N) is 1. The van der Waals surface area contributed by atoms with Crippen molar-refractivity contribution in [2.75, 3.05) is 25.3 Å². The number of nitrogens with one attached hydrogen (secondary N) is 1. The molecule has 0 unspecified atom stereocenters. The van der Waals surface area contributed by atoms with Gasteiger partial charge < -0.3 is 10.2 Å². The number of halogens is 2. The van der Waals surface area contributed by atoms with E-state index < -0.39 is 0 Å². The zero-order chi connectivity index (χ0) is 13.7. The second kappa shape index (κ2) is 6.61. The van der Waals surface area contributed by atoms with Crippen molar-refractivity contribution >= 4 is 40.7 Å². The summed E-state index contributed by atoms with van der Waals surface area (Å²) in [7, 11) is 3.31. The van der Waals surface area contributed by atoms with Gasteiger partial charge in [-0.1, -0.05) is 11.6 Å². The zero-order valence-electron chi connectivity index (χ0n) is 10.2. The number of hydrogen-bond donors (Lipinski definition) is 1. The van der Waals surface area contributed by atoms with Gasteiger partial charge in [-0.15, -0.1) is 11.6 Å². The van der Waals surface area contributed by atoms with Crippen LogP contribution in [0, 0.1) is 0 Å². The normalized spacial score (nSPS) is 10.0. The van der Waals surface area contributed by atoms with Crippen molar-refractivity contribution in [3.05, 3.63) is 28.8 Å². The zero-order valence-corrected chi connectivity index (χ0v) is 11.7. The molecule has 0 fully saturated rings. The second-order valence-electron chi connectivity index (χ2n) is 3.88. The molecule has 0 bridgehead atoms. The van der Waals surface area contributed by atoms with E-state index in [4.69, 9.17) is 23.2 Å². The lowest BCUT2D eigenvalue weighted by Gasteiger charge is -2.12. The summed E-state index contributed by atoms with van der Waals surface area (Å²) in [5.41, 5.74) is 0.880. The first kappa shape index (κ1) is 14.8.